The molecule has 5 aromatic rings. The van der Waals surface area contributed by atoms with Gasteiger partial charge in [-0.25, -0.2) is 18.6 Å². The molecule has 61 heavy (non-hydrogen) atoms. The van der Waals surface area contributed by atoms with Gasteiger partial charge in [-0.2, -0.15) is 0 Å². The summed E-state index contributed by atoms with van der Waals surface area (Å²) in [7, 11) is -4.48. The van der Waals surface area contributed by atoms with Crippen LogP contribution in [0.25, 0.3) is 11.1 Å². The van der Waals surface area contributed by atoms with Gasteiger partial charge in [0, 0.05) is 78.2 Å². The van der Waals surface area contributed by atoms with Crippen molar-refractivity contribution in [3.8, 4) is 11.1 Å². The summed E-state index contributed by atoms with van der Waals surface area (Å²) < 4.78 is 28.9. The normalized spacial score (nSPS) is 13.6. The number of nitrogens with one attached hydrogen (secondary N) is 4. The Kier molecular flexibility index (Phi) is 16.1. The van der Waals surface area contributed by atoms with Crippen molar-refractivity contribution >= 4 is 62.3 Å². The van der Waals surface area contributed by atoms with E-state index < -0.39 is 37.3 Å². The van der Waals surface area contributed by atoms with Crippen LogP contribution >= 0.6 is 23.4 Å². The van der Waals surface area contributed by atoms with Crippen LogP contribution in [0.5, 0.6) is 0 Å². The molecule has 1 heterocycles. The number of piperazine rings is 1. The lowest BCUT2D eigenvalue weighted by atomic mass is 9.99. The third-order valence-corrected chi connectivity index (χ3v) is 13.0. The van der Waals surface area contributed by atoms with E-state index in [1.807, 2.05) is 66.7 Å². The zero-order chi connectivity index (χ0) is 43.2. The van der Waals surface area contributed by atoms with E-state index in [-0.39, 0.29) is 23.7 Å². The van der Waals surface area contributed by atoms with Crippen LogP contribution in [-0.4, -0.2) is 86.3 Å². The molecule has 14 nitrogen and oxygen atoms in total. The van der Waals surface area contributed by atoms with Gasteiger partial charge in [0.1, 0.15) is 5.69 Å². The molecule has 1 atom stereocenters. The zero-order valence-electron chi connectivity index (χ0n) is 33.3. The van der Waals surface area contributed by atoms with Crippen LogP contribution in [-0.2, 0) is 21.4 Å². The van der Waals surface area contributed by atoms with Crippen LogP contribution in [0.4, 0.5) is 17.1 Å². The van der Waals surface area contributed by atoms with E-state index in [0.29, 0.717) is 36.7 Å². The first-order chi connectivity index (χ1) is 29.5. The third kappa shape index (κ3) is 13.0. The van der Waals surface area contributed by atoms with E-state index in [4.69, 9.17) is 16.8 Å². The van der Waals surface area contributed by atoms with Crippen molar-refractivity contribution in [2.75, 3.05) is 55.2 Å². The number of nitro groups is 1. The minimum Gasteiger partial charge on any atom is -0.376 e. The first kappa shape index (κ1) is 45.0. The number of carbonyl (C=O) groups is 2. The van der Waals surface area contributed by atoms with Crippen molar-refractivity contribution in [2.45, 2.75) is 41.6 Å². The number of hydrogen-bond donors (Lipinski definition) is 5. The lowest BCUT2D eigenvalue weighted by molar-refractivity contribution is -0.384. The number of nitro benzene ring substituents is 1. The average Bonchev–Trinajstić information content (AvgIpc) is 3.27. The molecule has 2 amide bonds. The molecule has 320 valence electrons. The number of amides is 2. The molecule has 0 bridgehead atoms. The second kappa shape index (κ2) is 21.9. The van der Waals surface area contributed by atoms with Crippen molar-refractivity contribution in [2.24, 2.45) is 0 Å². The molecular weight excluding hydrogens is 838 g/mol. The van der Waals surface area contributed by atoms with Gasteiger partial charge in [0.25, 0.3) is 21.6 Å². The molecule has 6 rings (SSSR count). The molecule has 1 aliphatic rings. The summed E-state index contributed by atoms with van der Waals surface area (Å²) >= 11 is 7.68. The van der Waals surface area contributed by atoms with Crippen molar-refractivity contribution in [3.05, 3.63) is 148 Å². The summed E-state index contributed by atoms with van der Waals surface area (Å²) in [6, 6.07) is 35.8. The fourth-order valence-electron chi connectivity index (χ4n) is 6.95. The Bertz CT molecular complexity index is 2370. The first-order valence-electron chi connectivity index (χ1n) is 19.8. The van der Waals surface area contributed by atoms with Crippen molar-refractivity contribution in [1.82, 2.24) is 20.4 Å². The van der Waals surface area contributed by atoms with Crippen LogP contribution in [0.2, 0.25) is 5.02 Å². The molecule has 0 unspecified atom stereocenters. The second-order valence-electron chi connectivity index (χ2n) is 14.5. The summed E-state index contributed by atoms with van der Waals surface area (Å²) in [6.07, 6.45) is 1.22. The van der Waals surface area contributed by atoms with Gasteiger partial charge >= 0.3 is 0 Å². The Morgan fingerprint density at radius 3 is 2.28 bits per heavy atom. The van der Waals surface area contributed by atoms with Crippen LogP contribution in [0.3, 0.4) is 0 Å². The van der Waals surface area contributed by atoms with Gasteiger partial charge < -0.3 is 15.5 Å². The summed E-state index contributed by atoms with van der Waals surface area (Å²) in [5.74, 6) is -0.789. The Morgan fingerprint density at radius 1 is 0.869 bits per heavy atom. The summed E-state index contributed by atoms with van der Waals surface area (Å²) in [5.41, 5.74) is 5.83. The van der Waals surface area contributed by atoms with Gasteiger partial charge in [-0.05, 0) is 103 Å². The third-order valence-electron chi connectivity index (χ3n) is 10.2. The van der Waals surface area contributed by atoms with Crippen LogP contribution in [0, 0.1) is 10.1 Å². The average molecular weight is 886 g/mol. The van der Waals surface area contributed by atoms with E-state index in [1.165, 1.54) is 23.3 Å². The molecule has 17 heteroatoms. The van der Waals surface area contributed by atoms with Crippen LogP contribution in [0.1, 0.15) is 35.2 Å². The maximum Gasteiger partial charge on any atom is 0.293 e. The number of sulfonamides is 1. The molecule has 0 aliphatic carbocycles. The highest BCUT2D eigenvalue weighted by Crippen LogP contribution is 2.31. The van der Waals surface area contributed by atoms with Crippen LogP contribution in [0.15, 0.2) is 131 Å². The van der Waals surface area contributed by atoms with E-state index in [9.17, 15) is 28.1 Å². The predicted octanol–water partition coefficient (Wildman–Crippen LogP) is 7.19. The number of rotatable bonds is 20. The number of carbonyl (C=O) groups excluding carboxylic acids is 2. The SMILES string of the molecule is O=C(CCCNCC[C@H](CSc1ccccc1)Nc1ccc(S(=O)(=O)NC(=O)c2ccc(N3CCN(Cc4ccccc4-c4ccc(Cl)cc4)CC3)cc2)cc1[N+](=O)[O-])NO. The number of anilines is 2. The fourth-order valence-corrected chi connectivity index (χ4v) is 9.06. The van der Waals surface area contributed by atoms with E-state index in [1.54, 1.807) is 41.5 Å². The number of hydrogen-bond acceptors (Lipinski definition) is 12. The molecule has 0 spiro atoms. The van der Waals surface area contributed by atoms with Crippen molar-refractivity contribution < 1.29 is 28.1 Å². The Balaban J connectivity index is 1.04. The topological polar surface area (TPSA) is 186 Å². The van der Waals surface area contributed by atoms with Gasteiger partial charge in [-0.15, -0.1) is 11.8 Å². The number of benzene rings is 5. The molecule has 5 N–H and O–H groups in total. The minimum absolute atomic E-state index is 0.126. The highest BCUT2D eigenvalue weighted by Gasteiger charge is 2.26. The quantitative estimate of drug-likeness (QED) is 0.0174. The Labute approximate surface area is 364 Å². The molecule has 0 aromatic heterocycles. The van der Waals surface area contributed by atoms with Crippen molar-refractivity contribution in [1.29, 1.82) is 0 Å². The summed E-state index contributed by atoms with van der Waals surface area (Å²) in [4.78, 5) is 41.3. The van der Waals surface area contributed by atoms with Crippen LogP contribution < -0.4 is 25.7 Å². The van der Waals surface area contributed by atoms with Gasteiger partial charge in [0.2, 0.25) is 5.91 Å². The molecule has 1 saturated heterocycles. The molecular formula is C44H48ClN7O7S2. The smallest absolute Gasteiger partial charge is 0.293 e. The number of hydroxylamine groups is 1. The number of thioether (sulfide) groups is 1. The zero-order valence-corrected chi connectivity index (χ0v) is 35.7. The van der Waals surface area contributed by atoms with Gasteiger partial charge in [0.15, 0.2) is 0 Å². The summed E-state index contributed by atoms with van der Waals surface area (Å²) in [5, 5.41) is 28.1. The predicted molar refractivity (Wildman–Crippen MR) is 240 cm³/mol. The summed E-state index contributed by atoms with van der Waals surface area (Å²) in [6.45, 7) is 5.04. The first-order valence-corrected chi connectivity index (χ1v) is 22.7. The van der Waals surface area contributed by atoms with Gasteiger partial charge in [-0.1, -0.05) is 66.2 Å². The number of nitrogens with zero attached hydrogens (tertiary/aromatic N) is 3. The molecule has 1 fully saturated rings. The standard InChI is InChI=1S/C44H48ClN7O7S2/c45-35-16-12-32(13-17-35)40-10-5-4-7-34(40)30-50-25-27-51(28-26-50)37-18-14-33(15-19-37)44(54)49-61(58,59)39-20-21-41(42(29-39)52(56)57)47-36(31-60-38-8-2-1-3-9-38)22-24-46-23-6-11-43(53)48-55/h1-5,7-10,12-21,29,36,46-47,55H,6,11,22-28,30-31H2,(H,48,53)(H,49,54)/t36-/m1/s1. The maximum absolute atomic E-state index is 13.4. The van der Waals surface area contributed by atoms with E-state index in [2.05, 4.69) is 37.3 Å². The largest absolute Gasteiger partial charge is 0.376 e. The maximum atomic E-state index is 13.4. The second-order valence-corrected chi connectivity index (χ2v) is 17.7. The highest BCUT2D eigenvalue weighted by molar-refractivity contribution is 7.99. The van der Waals surface area contributed by atoms with Gasteiger partial charge in [0.05, 0.1) is 9.82 Å². The van der Waals surface area contributed by atoms with Crippen molar-refractivity contribution in [3.63, 3.8) is 0 Å². The molecule has 0 radical (unpaired) electrons. The van der Waals surface area contributed by atoms with Gasteiger partial charge in [-0.3, -0.25) is 29.8 Å². The minimum atomic E-state index is -4.48. The monoisotopic (exact) mass is 885 g/mol. The highest BCUT2D eigenvalue weighted by atomic mass is 35.5. The molecule has 5 aromatic carbocycles. The molecule has 0 saturated carbocycles. The molecule has 1 aliphatic heterocycles. The lowest BCUT2D eigenvalue weighted by Gasteiger charge is -2.36. The van der Waals surface area contributed by atoms with E-state index >= 15 is 0 Å². The fraction of sp³-hybridized carbons (Fsp3) is 0.273. The van der Waals surface area contributed by atoms with E-state index in [0.717, 1.165) is 54.9 Å². The lowest BCUT2D eigenvalue weighted by Crippen LogP contribution is -2.46. The number of halogens is 1. The Hall–Kier alpha value is -5.49. The Morgan fingerprint density at radius 2 is 1.57 bits per heavy atom.